The second-order valence-corrected chi connectivity index (χ2v) is 8.79. The molecule has 1 saturated heterocycles. The minimum absolute atomic E-state index is 0.0471. The summed E-state index contributed by atoms with van der Waals surface area (Å²) in [7, 11) is 0. The van der Waals surface area contributed by atoms with Gasteiger partial charge in [0.2, 0.25) is 5.91 Å². The van der Waals surface area contributed by atoms with Gasteiger partial charge in [0.1, 0.15) is 5.82 Å². The summed E-state index contributed by atoms with van der Waals surface area (Å²) in [6.45, 7) is -0.445. The van der Waals surface area contributed by atoms with Crippen molar-refractivity contribution in [3.05, 3.63) is 70.5 Å². The zero-order valence-corrected chi connectivity index (χ0v) is 17.8. The van der Waals surface area contributed by atoms with Crippen LogP contribution in [-0.2, 0) is 28.5 Å². The zero-order valence-electron chi connectivity index (χ0n) is 17.8. The quantitative estimate of drug-likeness (QED) is 0.507. The number of halogens is 7. The molecule has 0 bridgehead atoms. The first-order valence-electron chi connectivity index (χ1n) is 10.9. The van der Waals surface area contributed by atoms with Crippen molar-refractivity contribution in [1.82, 2.24) is 5.32 Å². The van der Waals surface area contributed by atoms with E-state index in [2.05, 4.69) is 5.32 Å². The Morgan fingerprint density at radius 1 is 0.882 bits per heavy atom. The molecule has 2 fully saturated rings. The molecule has 0 unspecified atom stereocenters. The van der Waals surface area contributed by atoms with Crippen molar-refractivity contribution in [1.29, 1.82) is 0 Å². The van der Waals surface area contributed by atoms with Crippen LogP contribution in [-0.4, -0.2) is 18.1 Å². The van der Waals surface area contributed by atoms with Crippen molar-refractivity contribution in [3.63, 3.8) is 0 Å². The van der Waals surface area contributed by atoms with E-state index < -0.39 is 42.0 Å². The Kier molecular flexibility index (Phi) is 6.63. The van der Waals surface area contributed by atoms with Crippen LogP contribution < -0.4 is 5.32 Å². The lowest BCUT2D eigenvalue weighted by Crippen LogP contribution is -2.36. The average Bonchev–Trinajstić information content (AvgIpc) is 3.37. The van der Waals surface area contributed by atoms with E-state index in [1.165, 1.54) is 12.1 Å². The lowest BCUT2D eigenvalue weighted by atomic mass is 9.82. The topological polar surface area (TPSA) is 38.3 Å². The molecule has 4 atom stereocenters. The standard InChI is InChI=1S/C24H22F7NO2/c25-17-3-1-14(2-4-17)22-18(19-6-8-21(33)32-19)5-7-20(22)34-12-13-9-15(23(26,27)28)11-16(10-13)24(29,30)31/h1-4,9-11,18-20,22H,5-8,12H2,(H,32,33)/t18-,19-,20-,22-/m0/s1. The molecule has 4 rings (SSSR count). The summed E-state index contributed by atoms with van der Waals surface area (Å²) in [6, 6.07) is 7.04. The van der Waals surface area contributed by atoms with Crippen molar-refractivity contribution in [2.75, 3.05) is 0 Å². The number of alkyl halides is 6. The van der Waals surface area contributed by atoms with Crippen LogP contribution in [0.4, 0.5) is 30.7 Å². The highest BCUT2D eigenvalue weighted by molar-refractivity contribution is 5.78. The molecule has 1 N–H and O–H groups in total. The maximum Gasteiger partial charge on any atom is 0.416 e. The third-order valence-electron chi connectivity index (χ3n) is 6.56. The predicted molar refractivity (Wildman–Crippen MR) is 108 cm³/mol. The van der Waals surface area contributed by atoms with Crippen LogP contribution >= 0.6 is 0 Å². The van der Waals surface area contributed by atoms with Gasteiger partial charge in [-0.25, -0.2) is 4.39 Å². The van der Waals surface area contributed by atoms with Crippen molar-refractivity contribution < 1.29 is 40.3 Å². The average molecular weight is 489 g/mol. The van der Waals surface area contributed by atoms with Gasteiger partial charge in [0.25, 0.3) is 0 Å². The van der Waals surface area contributed by atoms with Crippen LogP contribution in [0.25, 0.3) is 0 Å². The molecule has 0 spiro atoms. The predicted octanol–water partition coefficient (Wildman–Crippen LogP) is 6.22. The fourth-order valence-electron chi connectivity index (χ4n) is 5.04. The van der Waals surface area contributed by atoms with E-state index in [-0.39, 0.29) is 35.4 Å². The molecule has 2 aliphatic rings. The van der Waals surface area contributed by atoms with Crippen molar-refractivity contribution in [2.24, 2.45) is 5.92 Å². The highest BCUT2D eigenvalue weighted by atomic mass is 19.4. The number of hydrogen-bond donors (Lipinski definition) is 1. The fraction of sp³-hybridized carbons (Fsp3) is 0.458. The molecule has 2 aromatic rings. The number of carbonyl (C=O) groups is 1. The summed E-state index contributed by atoms with van der Waals surface area (Å²) < 4.78 is 98.4. The van der Waals surface area contributed by atoms with Crippen molar-refractivity contribution in [2.45, 2.75) is 62.7 Å². The van der Waals surface area contributed by atoms with Crippen molar-refractivity contribution >= 4 is 5.91 Å². The van der Waals surface area contributed by atoms with Gasteiger partial charge in [-0.05, 0) is 66.6 Å². The van der Waals surface area contributed by atoms with Crippen LogP contribution in [0.5, 0.6) is 0 Å². The van der Waals surface area contributed by atoms with E-state index in [1.807, 2.05) is 0 Å². The maximum atomic E-state index is 13.5. The Morgan fingerprint density at radius 3 is 2.03 bits per heavy atom. The number of hydrogen-bond acceptors (Lipinski definition) is 2. The van der Waals surface area contributed by atoms with Crippen LogP contribution in [0.1, 0.15) is 53.9 Å². The van der Waals surface area contributed by atoms with Crippen molar-refractivity contribution in [3.8, 4) is 0 Å². The summed E-state index contributed by atoms with van der Waals surface area (Å²) in [6.07, 6.45) is -8.24. The second kappa shape index (κ2) is 9.20. The molecule has 0 aromatic heterocycles. The molecule has 184 valence electrons. The van der Waals surface area contributed by atoms with Crippen LogP contribution in [0.2, 0.25) is 0 Å². The Labute approximate surface area is 191 Å². The summed E-state index contributed by atoms with van der Waals surface area (Å²) in [5.41, 5.74) is -2.28. The first-order valence-corrected chi connectivity index (χ1v) is 10.9. The smallest absolute Gasteiger partial charge is 0.373 e. The highest BCUT2D eigenvalue weighted by Crippen LogP contribution is 2.45. The van der Waals surface area contributed by atoms with Gasteiger partial charge in [0.15, 0.2) is 0 Å². The van der Waals surface area contributed by atoms with E-state index in [4.69, 9.17) is 4.74 Å². The van der Waals surface area contributed by atoms with Crippen LogP contribution in [0, 0.1) is 11.7 Å². The number of amides is 1. The Bertz CT molecular complexity index is 1000. The molecule has 1 amide bonds. The Hall–Kier alpha value is -2.62. The molecule has 10 heteroatoms. The minimum Gasteiger partial charge on any atom is -0.373 e. The first kappa shape index (κ1) is 24.5. The number of nitrogens with one attached hydrogen (secondary N) is 1. The van der Waals surface area contributed by atoms with Crippen LogP contribution in [0.3, 0.4) is 0 Å². The van der Waals surface area contributed by atoms with Gasteiger partial charge in [-0.2, -0.15) is 26.3 Å². The molecule has 1 saturated carbocycles. The highest BCUT2D eigenvalue weighted by Gasteiger charge is 2.44. The van der Waals surface area contributed by atoms with E-state index in [0.29, 0.717) is 37.8 Å². The summed E-state index contributed by atoms with van der Waals surface area (Å²) >= 11 is 0. The number of benzene rings is 2. The SMILES string of the molecule is O=C1CC[C@@H]([C@@H]2CC[C@H](OCc3cc(C(F)(F)F)cc(C(F)(F)F)c3)[C@H]2c2ccc(F)cc2)N1. The molecule has 1 aliphatic heterocycles. The Balaban J connectivity index is 1.59. The summed E-state index contributed by atoms with van der Waals surface area (Å²) in [5.74, 6) is -0.851. The van der Waals surface area contributed by atoms with Gasteiger partial charge >= 0.3 is 12.4 Å². The van der Waals surface area contributed by atoms with E-state index in [9.17, 15) is 35.5 Å². The van der Waals surface area contributed by atoms with E-state index in [0.717, 1.165) is 5.56 Å². The van der Waals surface area contributed by atoms with Gasteiger partial charge < -0.3 is 10.1 Å². The second-order valence-electron chi connectivity index (χ2n) is 8.79. The summed E-state index contributed by atoms with van der Waals surface area (Å²) in [4.78, 5) is 11.7. The molecule has 2 aromatic carbocycles. The van der Waals surface area contributed by atoms with Gasteiger partial charge in [-0.15, -0.1) is 0 Å². The molecule has 1 aliphatic carbocycles. The first-order chi connectivity index (χ1) is 15.9. The monoisotopic (exact) mass is 489 g/mol. The summed E-state index contributed by atoms with van der Waals surface area (Å²) in [5, 5.41) is 2.93. The lowest BCUT2D eigenvalue weighted by molar-refractivity contribution is -0.143. The lowest BCUT2D eigenvalue weighted by Gasteiger charge is -2.29. The third-order valence-corrected chi connectivity index (χ3v) is 6.56. The maximum absolute atomic E-state index is 13.5. The molecule has 0 radical (unpaired) electrons. The largest absolute Gasteiger partial charge is 0.416 e. The molecule has 1 heterocycles. The van der Waals surface area contributed by atoms with Gasteiger partial charge in [-0.1, -0.05) is 12.1 Å². The molecule has 34 heavy (non-hydrogen) atoms. The fourth-order valence-corrected chi connectivity index (χ4v) is 5.04. The normalized spacial score (nSPS) is 25.6. The van der Waals surface area contributed by atoms with Gasteiger partial charge in [0.05, 0.1) is 23.8 Å². The third kappa shape index (κ3) is 5.37. The molecular formula is C24H22F7NO2. The zero-order chi connectivity index (χ0) is 24.7. The molecular weight excluding hydrogens is 467 g/mol. The van der Waals surface area contributed by atoms with Gasteiger partial charge in [-0.3, -0.25) is 4.79 Å². The number of rotatable bonds is 5. The number of carbonyl (C=O) groups excluding carboxylic acids is 1. The van der Waals surface area contributed by atoms with Crippen LogP contribution in [0.15, 0.2) is 42.5 Å². The molecule has 3 nitrogen and oxygen atoms in total. The van der Waals surface area contributed by atoms with Gasteiger partial charge in [0, 0.05) is 18.4 Å². The minimum atomic E-state index is -4.94. The number of ether oxygens (including phenoxy) is 1. The van der Waals surface area contributed by atoms with E-state index >= 15 is 0 Å². The Morgan fingerprint density at radius 2 is 1.50 bits per heavy atom. The van der Waals surface area contributed by atoms with E-state index in [1.54, 1.807) is 12.1 Å².